The fourth-order valence-electron chi connectivity index (χ4n) is 2.70. The number of carbonyl (C=O) groups excluding carboxylic acids is 1. The van der Waals surface area contributed by atoms with E-state index < -0.39 is 10.0 Å². The summed E-state index contributed by atoms with van der Waals surface area (Å²) in [6.45, 7) is 2.19. The van der Waals surface area contributed by atoms with Crippen molar-refractivity contribution in [1.29, 1.82) is 0 Å². The molecule has 1 fully saturated rings. The summed E-state index contributed by atoms with van der Waals surface area (Å²) in [6, 6.07) is 6.02. The lowest BCUT2D eigenvalue weighted by atomic mass is 10.2. The van der Waals surface area contributed by atoms with Crippen molar-refractivity contribution in [2.24, 2.45) is 0 Å². The van der Waals surface area contributed by atoms with E-state index in [4.69, 9.17) is 11.6 Å². The maximum Gasteiger partial charge on any atom is 0.254 e. The zero-order valence-corrected chi connectivity index (χ0v) is 15.7. The SMILES string of the molecule is CNS(=O)(=O)c1cc(C(=O)N2CCN(c3ncccn3)CC2)ccc1Cl. The summed E-state index contributed by atoms with van der Waals surface area (Å²) in [6.07, 6.45) is 3.36. The third kappa shape index (κ3) is 3.79. The number of hydrogen-bond donors (Lipinski definition) is 1. The molecule has 0 atom stereocenters. The van der Waals surface area contributed by atoms with Crippen LogP contribution in [0.2, 0.25) is 5.02 Å². The highest BCUT2D eigenvalue weighted by atomic mass is 35.5. The highest BCUT2D eigenvalue weighted by Gasteiger charge is 2.25. The van der Waals surface area contributed by atoms with Crippen LogP contribution < -0.4 is 9.62 Å². The molecule has 0 unspecified atom stereocenters. The number of benzene rings is 1. The molecule has 1 aliphatic heterocycles. The van der Waals surface area contributed by atoms with Gasteiger partial charge in [-0.25, -0.2) is 23.1 Å². The molecule has 2 heterocycles. The van der Waals surface area contributed by atoms with E-state index in [1.807, 2.05) is 4.90 Å². The van der Waals surface area contributed by atoms with Crippen LogP contribution in [0.15, 0.2) is 41.6 Å². The van der Waals surface area contributed by atoms with Crippen LogP contribution in [-0.2, 0) is 10.0 Å². The van der Waals surface area contributed by atoms with Crippen LogP contribution in [-0.4, -0.2) is 62.4 Å². The Hall–Kier alpha value is -2.23. The molecule has 1 N–H and O–H groups in total. The lowest BCUT2D eigenvalue weighted by Gasteiger charge is -2.34. The Morgan fingerprint density at radius 1 is 1.15 bits per heavy atom. The van der Waals surface area contributed by atoms with E-state index in [-0.39, 0.29) is 21.4 Å². The summed E-state index contributed by atoms with van der Waals surface area (Å²) in [5.41, 5.74) is 0.285. The number of piperazine rings is 1. The second-order valence-electron chi connectivity index (χ2n) is 5.68. The number of nitrogens with one attached hydrogen (secondary N) is 1. The van der Waals surface area contributed by atoms with E-state index in [0.717, 1.165) is 0 Å². The van der Waals surface area contributed by atoms with Gasteiger partial charge in [-0.1, -0.05) is 11.6 Å². The van der Waals surface area contributed by atoms with Gasteiger partial charge in [0.1, 0.15) is 4.90 Å². The number of sulfonamides is 1. The van der Waals surface area contributed by atoms with Gasteiger partial charge in [0.25, 0.3) is 5.91 Å². The van der Waals surface area contributed by atoms with Gasteiger partial charge in [0.15, 0.2) is 0 Å². The Labute approximate surface area is 156 Å². The molecule has 8 nitrogen and oxygen atoms in total. The van der Waals surface area contributed by atoms with Crippen molar-refractivity contribution in [3.8, 4) is 0 Å². The van der Waals surface area contributed by atoms with Gasteiger partial charge in [0.2, 0.25) is 16.0 Å². The predicted octanol–water partition coefficient (Wildman–Crippen LogP) is 1.00. The van der Waals surface area contributed by atoms with Gasteiger partial charge in [0.05, 0.1) is 5.02 Å². The van der Waals surface area contributed by atoms with Crippen molar-refractivity contribution >= 4 is 33.5 Å². The van der Waals surface area contributed by atoms with Crippen LogP contribution >= 0.6 is 11.6 Å². The molecule has 1 saturated heterocycles. The minimum atomic E-state index is -3.74. The Bertz CT molecular complexity index is 899. The van der Waals surface area contributed by atoms with Crippen LogP contribution in [0.5, 0.6) is 0 Å². The van der Waals surface area contributed by atoms with E-state index in [9.17, 15) is 13.2 Å². The molecule has 0 radical (unpaired) electrons. The molecule has 1 aromatic heterocycles. The quantitative estimate of drug-likeness (QED) is 0.829. The third-order valence-corrected chi connectivity index (χ3v) is 6.03. The number of rotatable bonds is 4. The Kier molecular flexibility index (Phi) is 5.40. The Morgan fingerprint density at radius 3 is 2.42 bits per heavy atom. The maximum absolute atomic E-state index is 12.7. The van der Waals surface area contributed by atoms with Crippen LogP contribution in [0.25, 0.3) is 0 Å². The zero-order valence-electron chi connectivity index (χ0n) is 14.1. The van der Waals surface area contributed by atoms with Gasteiger partial charge in [-0.2, -0.15) is 0 Å². The average Bonchev–Trinajstić information content (AvgIpc) is 2.68. The molecule has 0 bridgehead atoms. The number of nitrogens with zero attached hydrogens (tertiary/aromatic N) is 4. The van der Waals surface area contributed by atoms with Gasteiger partial charge in [-0.3, -0.25) is 4.79 Å². The first-order valence-electron chi connectivity index (χ1n) is 7.97. The molecule has 138 valence electrons. The van der Waals surface area contributed by atoms with Crippen molar-refractivity contribution < 1.29 is 13.2 Å². The van der Waals surface area contributed by atoms with Gasteiger partial charge in [-0.05, 0) is 31.3 Å². The summed E-state index contributed by atoms with van der Waals surface area (Å²) >= 11 is 5.97. The summed E-state index contributed by atoms with van der Waals surface area (Å²) < 4.78 is 26.3. The summed E-state index contributed by atoms with van der Waals surface area (Å²) in [4.78, 5) is 24.7. The van der Waals surface area contributed by atoms with Crippen LogP contribution in [0, 0.1) is 0 Å². The first-order valence-corrected chi connectivity index (χ1v) is 9.83. The summed E-state index contributed by atoms with van der Waals surface area (Å²) in [7, 11) is -2.44. The van der Waals surface area contributed by atoms with E-state index in [1.165, 1.54) is 25.2 Å². The molecule has 1 aliphatic rings. The van der Waals surface area contributed by atoms with E-state index in [0.29, 0.717) is 32.1 Å². The van der Waals surface area contributed by atoms with Crippen LogP contribution in [0.4, 0.5) is 5.95 Å². The van der Waals surface area contributed by atoms with Crippen LogP contribution in [0.1, 0.15) is 10.4 Å². The standard InChI is InChI=1S/C16H18ClN5O3S/c1-18-26(24,25)14-11-12(3-4-13(14)17)15(23)21-7-9-22(10-8-21)16-19-5-2-6-20-16/h2-6,11,18H,7-10H2,1H3. The minimum absolute atomic E-state index is 0.0712. The number of amides is 1. The lowest BCUT2D eigenvalue weighted by Crippen LogP contribution is -2.49. The van der Waals surface area contributed by atoms with Gasteiger partial charge < -0.3 is 9.80 Å². The number of hydrogen-bond acceptors (Lipinski definition) is 6. The molecule has 0 saturated carbocycles. The number of carbonyl (C=O) groups is 1. The van der Waals surface area contributed by atoms with Gasteiger partial charge in [-0.15, -0.1) is 0 Å². The van der Waals surface area contributed by atoms with Crippen molar-refractivity contribution in [3.05, 3.63) is 47.2 Å². The molecule has 1 aromatic carbocycles. The molecular formula is C16H18ClN5O3S. The van der Waals surface area contributed by atoms with Gasteiger partial charge in [0, 0.05) is 44.1 Å². The first-order chi connectivity index (χ1) is 12.4. The molecule has 0 aliphatic carbocycles. The fourth-order valence-corrected chi connectivity index (χ4v) is 3.95. The van der Waals surface area contributed by atoms with E-state index in [2.05, 4.69) is 14.7 Å². The fraction of sp³-hybridized carbons (Fsp3) is 0.312. The van der Waals surface area contributed by atoms with E-state index >= 15 is 0 Å². The smallest absolute Gasteiger partial charge is 0.254 e. The third-order valence-electron chi connectivity index (χ3n) is 4.14. The molecule has 2 aromatic rings. The van der Waals surface area contributed by atoms with E-state index in [1.54, 1.807) is 23.4 Å². The Balaban J connectivity index is 1.74. The number of anilines is 1. The summed E-state index contributed by atoms with van der Waals surface area (Å²) in [5.74, 6) is 0.399. The highest BCUT2D eigenvalue weighted by molar-refractivity contribution is 7.89. The molecule has 10 heteroatoms. The number of aromatic nitrogens is 2. The van der Waals surface area contributed by atoms with Crippen molar-refractivity contribution in [2.45, 2.75) is 4.90 Å². The first kappa shape index (κ1) is 18.6. The second kappa shape index (κ2) is 7.56. The topological polar surface area (TPSA) is 95.5 Å². The summed E-state index contributed by atoms with van der Waals surface area (Å²) in [5, 5.41) is 0.0712. The van der Waals surface area contributed by atoms with Crippen molar-refractivity contribution in [2.75, 3.05) is 38.1 Å². The molecule has 26 heavy (non-hydrogen) atoms. The second-order valence-corrected chi connectivity index (χ2v) is 7.94. The molecule has 1 amide bonds. The largest absolute Gasteiger partial charge is 0.337 e. The normalized spacial score (nSPS) is 15.2. The monoisotopic (exact) mass is 395 g/mol. The van der Waals surface area contributed by atoms with Crippen molar-refractivity contribution in [1.82, 2.24) is 19.6 Å². The van der Waals surface area contributed by atoms with Crippen LogP contribution in [0.3, 0.4) is 0 Å². The zero-order chi connectivity index (χ0) is 18.7. The lowest BCUT2D eigenvalue weighted by molar-refractivity contribution is 0.0746. The average molecular weight is 396 g/mol. The maximum atomic E-state index is 12.7. The molecular weight excluding hydrogens is 378 g/mol. The predicted molar refractivity (Wildman–Crippen MR) is 97.8 cm³/mol. The minimum Gasteiger partial charge on any atom is -0.337 e. The van der Waals surface area contributed by atoms with Crippen molar-refractivity contribution in [3.63, 3.8) is 0 Å². The molecule has 0 spiro atoms. The number of halogens is 1. The molecule has 3 rings (SSSR count). The van der Waals surface area contributed by atoms with Gasteiger partial charge >= 0.3 is 0 Å². The highest BCUT2D eigenvalue weighted by Crippen LogP contribution is 2.23. The Morgan fingerprint density at radius 2 is 1.81 bits per heavy atom.